The molecule has 4 aromatic rings. The topological polar surface area (TPSA) is 92.9 Å². The second kappa shape index (κ2) is 9.09. The molecule has 194 valence electrons. The van der Waals surface area contributed by atoms with Gasteiger partial charge < -0.3 is 10.4 Å². The van der Waals surface area contributed by atoms with E-state index in [2.05, 4.69) is 20.4 Å². The molecule has 2 N–H and O–H groups in total. The Morgan fingerprint density at radius 3 is 2.61 bits per heavy atom. The smallest absolute Gasteiger partial charge is 0.418 e. The molecule has 0 spiro atoms. The zero-order valence-corrected chi connectivity index (χ0v) is 20.2. The fraction of sp³-hybridized carbons (Fsp3) is 0.185. The van der Waals surface area contributed by atoms with Gasteiger partial charge >= 0.3 is 12.1 Å². The quantitative estimate of drug-likeness (QED) is 0.314. The van der Waals surface area contributed by atoms with Gasteiger partial charge in [0, 0.05) is 18.0 Å². The van der Waals surface area contributed by atoms with Crippen LogP contribution in [0.4, 0.5) is 23.4 Å². The van der Waals surface area contributed by atoms with Gasteiger partial charge in [0.05, 0.1) is 28.0 Å². The van der Waals surface area contributed by atoms with Gasteiger partial charge in [0.1, 0.15) is 17.3 Å². The first-order valence-corrected chi connectivity index (χ1v) is 11.5. The van der Waals surface area contributed by atoms with Gasteiger partial charge in [-0.3, -0.25) is 9.78 Å². The molecule has 2 atom stereocenters. The highest BCUT2D eigenvalue weighted by Gasteiger charge is 2.40. The number of benzene rings is 2. The molecule has 2 heterocycles. The Morgan fingerprint density at radius 1 is 1.13 bits per heavy atom. The van der Waals surface area contributed by atoms with E-state index in [0.717, 1.165) is 10.7 Å². The summed E-state index contributed by atoms with van der Waals surface area (Å²) in [6.45, 7) is 3.20. The number of carbonyl (C=O) groups is 1. The number of rotatable bonds is 5. The van der Waals surface area contributed by atoms with E-state index in [9.17, 15) is 23.1 Å². The number of carboxylic acid groups (broad SMARTS) is 1. The molecule has 2 aromatic carbocycles. The highest BCUT2D eigenvalue weighted by atomic mass is 19.4. The highest BCUT2D eigenvalue weighted by molar-refractivity contribution is 5.88. The summed E-state index contributed by atoms with van der Waals surface area (Å²) in [5.74, 6) is -2.79. The molecule has 7 nitrogen and oxygen atoms in total. The van der Waals surface area contributed by atoms with Crippen LogP contribution >= 0.6 is 0 Å². The van der Waals surface area contributed by atoms with Crippen molar-refractivity contribution >= 4 is 22.8 Å². The Labute approximate surface area is 214 Å². The number of hydrogen-bond acceptors (Lipinski definition) is 5. The van der Waals surface area contributed by atoms with Crippen LogP contribution in [-0.2, 0) is 11.0 Å². The van der Waals surface area contributed by atoms with Crippen molar-refractivity contribution in [1.29, 1.82) is 0 Å². The Bertz CT molecular complexity index is 1630. The molecular formula is C27H21F4N5O2. The number of anilines is 1. The lowest BCUT2D eigenvalue weighted by atomic mass is 9.82. The average Bonchev–Trinajstić information content (AvgIpc) is 3.18. The normalized spacial score (nSPS) is 19.2. The predicted molar refractivity (Wildman–Crippen MR) is 133 cm³/mol. The molecule has 0 radical (unpaired) electrons. The van der Waals surface area contributed by atoms with E-state index in [4.69, 9.17) is 0 Å². The molecule has 2 aromatic heterocycles. The second-order valence-electron chi connectivity index (χ2n) is 9.09. The molecule has 0 bridgehead atoms. The third-order valence-electron chi connectivity index (χ3n) is 6.47. The van der Waals surface area contributed by atoms with Crippen molar-refractivity contribution in [2.45, 2.75) is 25.6 Å². The third kappa shape index (κ3) is 4.29. The van der Waals surface area contributed by atoms with Crippen LogP contribution < -0.4 is 5.32 Å². The molecule has 1 aliphatic carbocycles. The molecule has 0 fully saturated rings. The van der Waals surface area contributed by atoms with Gasteiger partial charge in [-0.1, -0.05) is 36.4 Å². The summed E-state index contributed by atoms with van der Waals surface area (Å²) in [6.07, 6.45) is 4.39. The van der Waals surface area contributed by atoms with E-state index in [1.54, 1.807) is 38.1 Å². The number of nitrogens with one attached hydrogen (secondary N) is 1. The highest BCUT2D eigenvalue weighted by Crippen LogP contribution is 2.41. The minimum absolute atomic E-state index is 0.0384. The Morgan fingerprint density at radius 2 is 1.87 bits per heavy atom. The van der Waals surface area contributed by atoms with E-state index in [1.165, 1.54) is 42.7 Å². The number of fused-ring (bicyclic) bond motifs is 1. The van der Waals surface area contributed by atoms with Crippen LogP contribution in [0.15, 0.2) is 73.1 Å². The van der Waals surface area contributed by atoms with E-state index in [-0.39, 0.29) is 33.8 Å². The van der Waals surface area contributed by atoms with Gasteiger partial charge in [-0.15, -0.1) is 0 Å². The molecule has 0 amide bonds. The third-order valence-corrected chi connectivity index (χ3v) is 6.47. The first-order valence-electron chi connectivity index (χ1n) is 11.5. The standard InChI is InChI=1S/C27H21F4N5O2/c1-15-22(16-13-19(28)23-20(14-16)32-11-12-33-23)24(34-26(2)10-6-5-8-18(26)25(37)38)36(35-15)21-9-4-3-7-17(21)27(29,30)31/h3-14,18,34H,1-2H3,(H,37,38). The summed E-state index contributed by atoms with van der Waals surface area (Å²) in [5, 5.41) is 17.4. The fourth-order valence-electron chi connectivity index (χ4n) is 4.68. The van der Waals surface area contributed by atoms with Gasteiger partial charge in [0.25, 0.3) is 0 Å². The molecule has 1 aliphatic rings. The van der Waals surface area contributed by atoms with Crippen molar-refractivity contribution in [1.82, 2.24) is 19.7 Å². The summed E-state index contributed by atoms with van der Waals surface area (Å²) in [5.41, 5.74) is -1.32. The van der Waals surface area contributed by atoms with Gasteiger partial charge in [-0.25, -0.2) is 14.1 Å². The summed E-state index contributed by atoms with van der Waals surface area (Å²) in [7, 11) is 0. The van der Waals surface area contributed by atoms with Crippen LogP contribution in [-0.4, -0.2) is 36.4 Å². The van der Waals surface area contributed by atoms with Crippen LogP contribution in [0.2, 0.25) is 0 Å². The number of alkyl halides is 3. The van der Waals surface area contributed by atoms with E-state index < -0.39 is 35.0 Å². The van der Waals surface area contributed by atoms with Gasteiger partial charge in [-0.2, -0.15) is 18.3 Å². The van der Waals surface area contributed by atoms with Gasteiger partial charge in [0.2, 0.25) is 0 Å². The van der Waals surface area contributed by atoms with Crippen LogP contribution in [0.3, 0.4) is 0 Å². The molecule has 5 rings (SSSR count). The van der Waals surface area contributed by atoms with Crippen molar-refractivity contribution in [2.75, 3.05) is 5.32 Å². The van der Waals surface area contributed by atoms with Crippen LogP contribution in [0.25, 0.3) is 27.8 Å². The molecule has 0 saturated heterocycles. The van der Waals surface area contributed by atoms with Crippen LogP contribution in [0, 0.1) is 18.7 Å². The second-order valence-corrected chi connectivity index (χ2v) is 9.09. The number of halogens is 4. The summed E-state index contributed by atoms with van der Waals surface area (Å²) in [4.78, 5) is 20.3. The Balaban J connectivity index is 1.79. The lowest BCUT2D eigenvalue weighted by Gasteiger charge is -2.35. The van der Waals surface area contributed by atoms with Crippen molar-refractivity contribution < 1.29 is 27.5 Å². The Hall–Kier alpha value is -4.54. The molecule has 11 heteroatoms. The lowest BCUT2D eigenvalue weighted by molar-refractivity contribution is -0.141. The largest absolute Gasteiger partial charge is 0.481 e. The Kier molecular flexibility index (Phi) is 6.01. The summed E-state index contributed by atoms with van der Waals surface area (Å²) in [6, 6.07) is 7.69. The van der Waals surface area contributed by atoms with Crippen LogP contribution in [0.1, 0.15) is 18.2 Å². The maximum atomic E-state index is 15.1. The minimum atomic E-state index is -4.69. The summed E-state index contributed by atoms with van der Waals surface area (Å²) < 4.78 is 58.1. The molecule has 0 saturated carbocycles. The van der Waals surface area contributed by atoms with Crippen LogP contribution in [0.5, 0.6) is 0 Å². The number of para-hydroxylation sites is 1. The predicted octanol–water partition coefficient (Wildman–Crippen LogP) is 5.95. The fourth-order valence-corrected chi connectivity index (χ4v) is 4.68. The van der Waals surface area contributed by atoms with Crippen molar-refractivity contribution in [2.24, 2.45) is 5.92 Å². The SMILES string of the molecule is Cc1nn(-c2ccccc2C(F)(F)F)c(NC2(C)C=CC=CC2C(=O)O)c1-c1cc(F)c2nccnc2c1. The monoisotopic (exact) mass is 523 g/mol. The maximum Gasteiger partial charge on any atom is 0.418 e. The zero-order valence-electron chi connectivity index (χ0n) is 20.2. The van der Waals surface area contributed by atoms with Crippen molar-refractivity contribution in [3.05, 3.63) is 90.2 Å². The number of aromatic nitrogens is 4. The lowest BCUT2D eigenvalue weighted by Crippen LogP contribution is -2.45. The number of allylic oxidation sites excluding steroid dienone is 2. The molecule has 38 heavy (non-hydrogen) atoms. The van der Waals surface area contributed by atoms with Gasteiger partial charge in [0.15, 0.2) is 5.82 Å². The van der Waals surface area contributed by atoms with Crippen molar-refractivity contribution in [3.63, 3.8) is 0 Å². The van der Waals surface area contributed by atoms with E-state index in [1.807, 2.05) is 0 Å². The molecule has 2 unspecified atom stereocenters. The average molecular weight is 523 g/mol. The van der Waals surface area contributed by atoms with Crippen molar-refractivity contribution in [3.8, 4) is 16.8 Å². The van der Waals surface area contributed by atoms with Gasteiger partial charge in [-0.05, 0) is 43.7 Å². The first kappa shape index (κ1) is 25.1. The first-order chi connectivity index (χ1) is 18.0. The minimum Gasteiger partial charge on any atom is -0.481 e. The van der Waals surface area contributed by atoms with E-state index >= 15 is 4.39 Å². The number of carboxylic acids is 1. The van der Waals surface area contributed by atoms with E-state index in [0.29, 0.717) is 5.56 Å². The number of aliphatic carboxylic acids is 1. The zero-order chi connectivity index (χ0) is 27.2. The maximum absolute atomic E-state index is 15.1. The number of aryl methyl sites for hydroxylation is 1. The number of hydrogen-bond donors (Lipinski definition) is 2. The summed E-state index contributed by atoms with van der Waals surface area (Å²) >= 11 is 0. The molecular weight excluding hydrogens is 502 g/mol. The molecule has 0 aliphatic heterocycles. The number of nitrogens with zero attached hydrogens (tertiary/aromatic N) is 4.